The molecular weight excluding hydrogens is 226 g/mol. The predicted octanol–water partition coefficient (Wildman–Crippen LogP) is 2.77. The minimum absolute atomic E-state index is 0.00623. The minimum atomic E-state index is 0.00623. The number of carbonyl (C=O) groups is 1. The van der Waals surface area contributed by atoms with Gasteiger partial charge >= 0.3 is 0 Å². The van der Waals surface area contributed by atoms with Gasteiger partial charge in [-0.05, 0) is 29.8 Å². The van der Waals surface area contributed by atoms with Crippen LogP contribution in [0.5, 0.6) is 11.5 Å². The zero-order valence-electron chi connectivity index (χ0n) is 10.2. The lowest BCUT2D eigenvalue weighted by atomic mass is 10.1. The van der Waals surface area contributed by atoms with Crippen LogP contribution in [-0.2, 0) is 11.2 Å². The normalized spacial score (nSPS) is 9.83. The van der Waals surface area contributed by atoms with Gasteiger partial charge in [0, 0.05) is 7.05 Å². The Hall–Kier alpha value is -2.29. The van der Waals surface area contributed by atoms with E-state index in [4.69, 9.17) is 4.74 Å². The highest BCUT2D eigenvalue weighted by Crippen LogP contribution is 2.21. The molecule has 3 nitrogen and oxygen atoms in total. The summed E-state index contributed by atoms with van der Waals surface area (Å²) in [4.78, 5) is 11.2. The molecule has 0 aliphatic heterocycles. The van der Waals surface area contributed by atoms with Crippen molar-refractivity contribution in [3.63, 3.8) is 0 Å². The van der Waals surface area contributed by atoms with E-state index in [0.717, 1.165) is 17.1 Å². The Labute approximate surface area is 106 Å². The molecule has 1 N–H and O–H groups in total. The summed E-state index contributed by atoms with van der Waals surface area (Å²) in [5.41, 5.74) is 0.967. The van der Waals surface area contributed by atoms with E-state index in [2.05, 4.69) is 5.32 Å². The molecule has 2 aromatic carbocycles. The molecule has 0 unspecified atom stereocenters. The maximum atomic E-state index is 11.2. The summed E-state index contributed by atoms with van der Waals surface area (Å²) in [6.45, 7) is 0. The van der Waals surface area contributed by atoms with E-state index >= 15 is 0 Å². The van der Waals surface area contributed by atoms with Crippen molar-refractivity contribution in [3.8, 4) is 11.5 Å². The lowest BCUT2D eigenvalue weighted by Crippen LogP contribution is -2.19. The van der Waals surface area contributed by atoms with Gasteiger partial charge in [-0.15, -0.1) is 0 Å². The highest BCUT2D eigenvalue weighted by molar-refractivity contribution is 5.78. The van der Waals surface area contributed by atoms with E-state index in [1.54, 1.807) is 7.05 Å². The number of para-hydroxylation sites is 1. The molecule has 0 fully saturated rings. The van der Waals surface area contributed by atoms with Crippen LogP contribution < -0.4 is 10.1 Å². The Morgan fingerprint density at radius 3 is 2.22 bits per heavy atom. The Morgan fingerprint density at radius 1 is 1.00 bits per heavy atom. The predicted molar refractivity (Wildman–Crippen MR) is 70.7 cm³/mol. The van der Waals surface area contributed by atoms with Crippen LogP contribution in [0.3, 0.4) is 0 Å². The number of hydrogen-bond donors (Lipinski definition) is 1. The molecule has 2 rings (SSSR count). The van der Waals surface area contributed by atoms with Crippen LogP contribution in [0.25, 0.3) is 0 Å². The monoisotopic (exact) mass is 241 g/mol. The van der Waals surface area contributed by atoms with E-state index in [1.165, 1.54) is 0 Å². The Kier molecular flexibility index (Phi) is 3.97. The molecule has 0 aliphatic rings. The molecule has 1 amide bonds. The molecule has 0 heterocycles. The van der Waals surface area contributed by atoms with Crippen LogP contribution in [0.15, 0.2) is 54.6 Å². The summed E-state index contributed by atoms with van der Waals surface area (Å²) in [6.07, 6.45) is 0.391. The smallest absolute Gasteiger partial charge is 0.224 e. The number of likely N-dealkylation sites (N-methyl/N-ethyl adjacent to an activating group) is 1. The number of amides is 1. The van der Waals surface area contributed by atoms with Crippen LogP contribution in [0.1, 0.15) is 5.56 Å². The quantitative estimate of drug-likeness (QED) is 0.893. The number of nitrogens with one attached hydrogen (secondary N) is 1. The van der Waals surface area contributed by atoms with Crippen molar-refractivity contribution in [3.05, 3.63) is 60.2 Å². The van der Waals surface area contributed by atoms with E-state index < -0.39 is 0 Å². The SMILES string of the molecule is CNC(=O)Cc1ccc(Oc2ccccc2)cc1. The summed E-state index contributed by atoms with van der Waals surface area (Å²) in [5, 5.41) is 2.60. The molecule has 0 spiro atoms. The standard InChI is InChI=1S/C15H15NO2/c1-16-15(17)11-12-7-9-14(10-8-12)18-13-5-3-2-4-6-13/h2-10H,11H2,1H3,(H,16,17). The lowest BCUT2D eigenvalue weighted by molar-refractivity contribution is -0.119. The molecule has 0 saturated heterocycles. The molecule has 3 heteroatoms. The molecule has 0 aromatic heterocycles. The third-order valence-electron chi connectivity index (χ3n) is 2.55. The molecule has 0 atom stereocenters. The van der Waals surface area contributed by atoms with Crippen LogP contribution in [-0.4, -0.2) is 13.0 Å². The summed E-state index contributed by atoms with van der Waals surface area (Å²) in [7, 11) is 1.63. The molecule has 2 aromatic rings. The van der Waals surface area contributed by atoms with Crippen molar-refractivity contribution in [2.24, 2.45) is 0 Å². The molecule has 0 saturated carbocycles. The first-order valence-electron chi connectivity index (χ1n) is 5.80. The molecule has 0 radical (unpaired) electrons. The van der Waals surface area contributed by atoms with Crippen molar-refractivity contribution >= 4 is 5.91 Å². The fourth-order valence-corrected chi connectivity index (χ4v) is 1.57. The van der Waals surface area contributed by atoms with Gasteiger partial charge in [-0.25, -0.2) is 0 Å². The molecule has 0 bridgehead atoms. The second kappa shape index (κ2) is 5.87. The second-order valence-electron chi connectivity index (χ2n) is 3.91. The third-order valence-corrected chi connectivity index (χ3v) is 2.55. The topological polar surface area (TPSA) is 38.3 Å². The van der Waals surface area contributed by atoms with E-state index in [1.807, 2.05) is 54.6 Å². The van der Waals surface area contributed by atoms with Crippen molar-refractivity contribution in [1.29, 1.82) is 0 Å². The summed E-state index contributed by atoms with van der Waals surface area (Å²) >= 11 is 0. The zero-order chi connectivity index (χ0) is 12.8. The first kappa shape index (κ1) is 12.2. The van der Waals surface area contributed by atoms with Gasteiger partial charge in [0.25, 0.3) is 0 Å². The molecule has 92 valence electrons. The van der Waals surface area contributed by atoms with Gasteiger partial charge in [0.15, 0.2) is 0 Å². The molecular formula is C15H15NO2. The third kappa shape index (κ3) is 3.35. The van der Waals surface area contributed by atoms with Gasteiger partial charge in [-0.1, -0.05) is 30.3 Å². The van der Waals surface area contributed by atoms with E-state index in [9.17, 15) is 4.79 Å². The van der Waals surface area contributed by atoms with Crippen LogP contribution in [0.2, 0.25) is 0 Å². The van der Waals surface area contributed by atoms with Crippen molar-refractivity contribution in [2.45, 2.75) is 6.42 Å². The Morgan fingerprint density at radius 2 is 1.61 bits per heavy atom. The number of carbonyl (C=O) groups excluding carboxylic acids is 1. The fourth-order valence-electron chi connectivity index (χ4n) is 1.57. The van der Waals surface area contributed by atoms with Crippen molar-refractivity contribution in [1.82, 2.24) is 5.32 Å². The average Bonchev–Trinajstić information content (AvgIpc) is 2.42. The van der Waals surface area contributed by atoms with Gasteiger partial charge in [0.05, 0.1) is 6.42 Å². The first-order valence-corrected chi connectivity index (χ1v) is 5.80. The summed E-state index contributed by atoms with van der Waals surface area (Å²) in [6, 6.07) is 17.1. The minimum Gasteiger partial charge on any atom is -0.457 e. The van der Waals surface area contributed by atoms with Gasteiger partial charge < -0.3 is 10.1 Å². The number of benzene rings is 2. The van der Waals surface area contributed by atoms with E-state index in [-0.39, 0.29) is 5.91 Å². The molecule has 18 heavy (non-hydrogen) atoms. The van der Waals surface area contributed by atoms with E-state index in [0.29, 0.717) is 6.42 Å². The highest BCUT2D eigenvalue weighted by Gasteiger charge is 2.01. The maximum Gasteiger partial charge on any atom is 0.224 e. The average molecular weight is 241 g/mol. The van der Waals surface area contributed by atoms with Gasteiger partial charge in [0.2, 0.25) is 5.91 Å². The van der Waals surface area contributed by atoms with Crippen LogP contribution >= 0.6 is 0 Å². The first-order chi connectivity index (χ1) is 8.78. The van der Waals surface area contributed by atoms with Gasteiger partial charge in [0.1, 0.15) is 11.5 Å². The largest absolute Gasteiger partial charge is 0.457 e. The van der Waals surface area contributed by atoms with Gasteiger partial charge in [-0.3, -0.25) is 4.79 Å². The van der Waals surface area contributed by atoms with Crippen molar-refractivity contribution < 1.29 is 9.53 Å². The Bertz CT molecular complexity index is 506. The highest BCUT2D eigenvalue weighted by atomic mass is 16.5. The van der Waals surface area contributed by atoms with Crippen molar-refractivity contribution in [2.75, 3.05) is 7.05 Å². The Balaban J connectivity index is 2.02. The second-order valence-corrected chi connectivity index (χ2v) is 3.91. The maximum absolute atomic E-state index is 11.2. The molecule has 0 aliphatic carbocycles. The fraction of sp³-hybridized carbons (Fsp3) is 0.133. The summed E-state index contributed by atoms with van der Waals surface area (Å²) in [5.74, 6) is 1.57. The number of rotatable bonds is 4. The van der Waals surface area contributed by atoms with Crippen LogP contribution in [0.4, 0.5) is 0 Å². The number of hydrogen-bond acceptors (Lipinski definition) is 2. The summed E-state index contributed by atoms with van der Waals surface area (Å²) < 4.78 is 5.66. The van der Waals surface area contributed by atoms with Gasteiger partial charge in [-0.2, -0.15) is 0 Å². The number of ether oxygens (including phenoxy) is 1. The lowest BCUT2D eigenvalue weighted by Gasteiger charge is -2.06. The van der Waals surface area contributed by atoms with Crippen LogP contribution in [0, 0.1) is 0 Å². The zero-order valence-corrected chi connectivity index (χ0v) is 10.2.